The number of likely N-dealkylation sites (N-methyl/N-ethyl adjacent to an activating group) is 1. The van der Waals surface area contributed by atoms with Gasteiger partial charge in [-0.2, -0.15) is 0 Å². The molecule has 0 aromatic rings. The van der Waals surface area contributed by atoms with Gasteiger partial charge in [0.1, 0.15) is 0 Å². The van der Waals surface area contributed by atoms with Crippen LogP contribution in [-0.2, 0) is 4.79 Å². The SMILES string of the molecule is CCN(CCO)CC(=O)N(C1=CCCCC1)C1CC1. The molecule has 0 unspecified atom stereocenters. The van der Waals surface area contributed by atoms with Gasteiger partial charge in [-0.15, -0.1) is 0 Å². The second-order valence-corrected chi connectivity index (χ2v) is 5.53. The van der Waals surface area contributed by atoms with E-state index in [1.54, 1.807) is 0 Å². The molecule has 1 N–H and O–H groups in total. The van der Waals surface area contributed by atoms with Crippen LogP contribution in [0, 0.1) is 0 Å². The van der Waals surface area contributed by atoms with Gasteiger partial charge in [0.2, 0.25) is 5.91 Å². The van der Waals surface area contributed by atoms with Crippen LogP contribution in [0.1, 0.15) is 45.4 Å². The summed E-state index contributed by atoms with van der Waals surface area (Å²) in [5.41, 5.74) is 1.25. The molecule has 1 amide bonds. The zero-order chi connectivity index (χ0) is 13.7. The third kappa shape index (κ3) is 4.05. The van der Waals surface area contributed by atoms with Crippen LogP contribution in [0.25, 0.3) is 0 Å². The summed E-state index contributed by atoms with van der Waals surface area (Å²) in [7, 11) is 0. The maximum atomic E-state index is 12.5. The van der Waals surface area contributed by atoms with Crippen molar-refractivity contribution in [3.8, 4) is 0 Å². The Hall–Kier alpha value is -0.870. The minimum Gasteiger partial charge on any atom is -0.395 e. The lowest BCUT2D eigenvalue weighted by atomic mass is 10.0. The third-order valence-corrected chi connectivity index (χ3v) is 3.98. The van der Waals surface area contributed by atoms with E-state index in [-0.39, 0.29) is 12.5 Å². The van der Waals surface area contributed by atoms with Gasteiger partial charge >= 0.3 is 0 Å². The highest BCUT2D eigenvalue weighted by Crippen LogP contribution is 2.33. The Kier molecular flexibility index (Phi) is 5.40. The molecule has 19 heavy (non-hydrogen) atoms. The summed E-state index contributed by atoms with van der Waals surface area (Å²) in [6.07, 6.45) is 9.17. The standard InChI is InChI=1S/C15H26N2O2/c1-2-16(10-11-18)12-15(19)17(14-8-9-14)13-6-4-3-5-7-13/h6,14,18H,2-5,7-12H2,1H3. The van der Waals surface area contributed by atoms with Crippen LogP contribution in [-0.4, -0.2) is 53.1 Å². The Bertz CT molecular complexity index is 337. The van der Waals surface area contributed by atoms with Gasteiger partial charge in [0, 0.05) is 18.3 Å². The zero-order valence-corrected chi connectivity index (χ0v) is 12.0. The Labute approximate surface area is 116 Å². The van der Waals surface area contributed by atoms with Gasteiger partial charge in [-0.25, -0.2) is 0 Å². The lowest BCUT2D eigenvalue weighted by Gasteiger charge is -2.30. The van der Waals surface area contributed by atoms with E-state index in [4.69, 9.17) is 5.11 Å². The normalized spacial score (nSPS) is 19.4. The highest BCUT2D eigenvalue weighted by Gasteiger charge is 2.35. The van der Waals surface area contributed by atoms with Gasteiger partial charge in [0.05, 0.1) is 13.2 Å². The molecule has 0 heterocycles. The smallest absolute Gasteiger partial charge is 0.241 e. The summed E-state index contributed by atoms with van der Waals surface area (Å²) in [6.45, 7) is 3.98. The fourth-order valence-electron chi connectivity index (χ4n) is 2.73. The number of hydrogen-bond acceptors (Lipinski definition) is 3. The minimum atomic E-state index is 0.118. The molecular formula is C15H26N2O2. The average Bonchev–Trinajstić information content (AvgIpc) is 3.24. The molecule has 0 bridgehead atoms. The Morgan fingerprint density at radius 3 is 2.74 bits per heavy atom. The largest absolute Gasteiger partial charge is 0.395 e. The minimum absolute atomic E-state index is 0.118. The fraction of sp³-hybridized carbons (Fsp3) is 0.800. The van der Waals surface area contributed by atoms with E-state index < -0.39 is 0 Å². The van der Waals surface area contributed by atoms with E-state index in [0.717, 1.165) is 32.2 Å². The van der Waals surface area contributed by atoms with Crippen molar-refractivity contribution in [1.82, 2.24) is 9.80 Å². The first-order chi connectivity index (χ1) is 9.26. The molecule has 0 aliphatic heterocycles. The van der Waals surface area contributed by atoms with Crippen molar-refractivity contribution in [2.75, 3.05) is 26.2 Å². The third-order valence-electron chi connectivity index (χ3n) is 3.98. The molecule has 0 atom stereocenters. The summed E-state index contributed by atoms with van der Waals surface area (Å²) in [5.74, 6) is 0.214. The van der Waals surface area contributed by atoms with E-state index >= 15 is 0 Å². The predicted octanol–water partition coefficient (Wildman–Crippen LogP) is 1.75. The van der Waals surface area contributed by atoms with Crippen LogP contribution in [0.2, 0.25) is 0 Å². The number of amides is 1. The molecule has 0 aromatic heterocycles. The summed E-state index contributed by atoms with van der Waals surface area (Å²) >= 11 is 0. The zero-order valence-electron chi connectivity index (χ0n) is 12.0. The monoisotopic (exact) mass is 266 g/mol. The molecule has 1 fully saturated rings. The topological polar surface area (TPSA) is 43.8 Å². The van der Waals surface area contributed by atoms with Gasteiger partial charge in [-0.3, -0.25) is 9.69 Å². The predicted molar refractivity (Wildman–Crippen MR) is 75.6 cm³/mol. The van der Waals surface area contributed by atoms with E-state index in [1.807, 2.05) is 11.8 Å². The van der Waals surface area contributed by atoms with Crippen LogP contribution in [0.15, 0.2) is 11.8 Å². The van der Waals surface area contributed by atoms with Crippen molar-refractivity contribution in [2.45, 2.75) is 51.5 Å². The van der Waals surface area contributed by atoms with Gasteiger partial charge in [-0.05, 0) is 45.1 Å². The van der Waals surface area contributed by atoms with Crippen LogP contribution in [0.4, 0.5) is 0 Å². The van der Waals surface area contributed by atoms with Gasteiger partial charge < -0.3 is 10.0 Å². The van der Waals surface area contributed by atoms with Crippen molar-refractivity contribution in [2.24, 2.45) is 0 Å². The number of hydrogen-bond donors (Lipinski definition) is 1. The Morgan fingerprint density at radius 1 is 1.42 bits per heavy atom. The second-order valence-electron chi connectivity index (χ2n) is 5.53. The quantitative estimate of drug-likeness (QED) is 0.763. The molecule has 4 heteroatoms. The molecule has 2 rings (SSSR count). The first-order valence-electron chi connectivity index (χ1n) is 7.60. The number of aliphatic hydroxyl groups excluding tert-OH is 1. The van der Waals surface area contributed by atoms with Crippen molar-refractivity contribution >= 4 is 5.91 Å². The van der Waals surface area contributed by atoms with Crippen LogP contribution in [0.5, 0.6) is 0 Å². The van der Waals surface area contributed by atoms with Crippen LogP contribution in [0.3, 0.4) is 0 Å². The number of carbonyl (C=O) groups excluding carboxylic acids is 1. The van der Waals surface area contributed by atoms with E-state index in [9.17, 15) is 4.79 Å². The van der Waals surface area contributed by atoms with E-state index in [1.165, 1.54) is 18.5 Å². The highest BCUT2D eigenvalue weighted by atomic mass is 16.3. The number of carbonyl (C=O) groups is 1. The van der Waals surface area contributed by atoms with Crippen molar-refractivity contribution in [3.63, 3.8) is 0 Å². The highest BCUT2D eigenvalue weighted by molar-refractivity contribution is 5.80. The van der Waals surface area contributed by atoms with Crippen molar-refractivity contribution in [3.05, 3.63) is 11.8 Å². The first kappa shape index (κ1) is 14.5. The van der Waals surface area contributed by atoms with Gasteiger partial charge in [0.15, 0.2) is 0 Å². The summed E-state index contributed by atoms with van der Waals surface area (Å²) in [6, 6.07) is 0.449. The first-order valence-corrected chi connectivity index (χ1v) is 7.60. The molecule has 0 spiro atoms. The number of nitrogens with zero attached hydrogens (tertiary/aromatic N) is 2. The van der Waals surface area contributed by atoms with E-state index in [0.29, 0.717) is 19.1 Å². The fourth-order valence-corrected chi connectivity index (χ4v) is 2.73. The van der Waals surface area contributed by atoms with Crippen LogP contribution < -0.4 is 0 Å². The molecule has 1 saturated carbocycles. The van der Waals surface area contributed by atoms with Crippen LogP contribution >= 0.6 is 0 Å². The average molecular weight is 266 g/mol. The number of allylic oxidation sites excluding steroid dienone is 2. The molecule has 4 nitrogen and oxygen atoms in total. The number of aliphatic hydroxyl groups is 1. The molecule has 2 aliphatic carbocycles. The van der Waals surface area contributed by atoms with Gasteiger partial charge in [-0.1, -0.05) is 13.0 Å². The second kappa shape index (κ2) is 7.06. The summed E-state index contributed by atoms with van der Waals surface area (Å²) in [4.78, 5) is 16.6. The molecule has 108 valence electrons. The molecule has 2 aliphatic rings. The van der Waals surface area contributed by atoms with Crippen molar-refractivity contribution in [1.29, 1.82) is 0 Å². The maximum absolute atomic E-state index is 12.5. The van der Waals surface area contributed by atoms with Crippen molar-refractivity contribution < 1.29 is 9.90 Å². The lowest BCUT2D eigenvalue weighted by Crippen LogP contribution is -2.42. The Balaban J connectivity index is 1.98. The molecular weight excluding hydrogens is 240 g/mol. The van der Waals surface area contributed by atoms with Gasteiger partial charge in [0.25, 0.3) is 0 Å². The number of rotatable bonds is 7. The molecule has 0 radical (unpaired) electrons. The van der Waals surface area contributed by atoms with E-state index in [2.05, 4.69) is 11.0 Å². The molecule has 0 saturated heterocycles. The summed E-state index contributed by atoms with van der Waals surface area (Å²) < 4.78 is 0. The summed E-state index contributed by atoms with van der Waals surface area (Å²) in [5, 5.41) is 9.01. The lowest BCUT2D eigenvalue weighted by molar-refractivity contribution is -0.131. The maximum Gasteiger partial charge on any atom is 0.241 e. The Morgan fingerprint density at radius 2 is 2.21 bits per heavy atom. The molecule has 0 aromatic carbocycles.